The van der Waals surface area contributed by atoms with Crippen molar-refractivity contribution in [3.63, 3.8) is 0 Å². The maximum Gasteiger partial charge on any atom is 0.247 e. The van der Waals surface area contributed by atoms with Gasteiger partial charge in [-0.3, -0.25) is 4.79 Å². The summed E-state index contributed by atoms with van der Waals surface area (Å²) >= 11 is 3.50. The molecule has 124 valence electrons. The van der Waals surface area contributed by atoms with E-state index < -0.39 is 0 Å². The highest BCUT2D eigenvalue weighted by Gasteiger charge is 2.28. The van der Waals surface area contributed by atoms with Crippen molar-refractivity contribution >= 4 is 27.9 Å². The van der Waals surface area contributed by atoms with Gasteiger partial charge >= 0.3 is 0 Å². The van der Waals surface area contributed by atoms with Gasteiger partial charge in [-0.15, -0.1) is 0 Å². The molecule has 0 aliphatic carbocycles. The summed E-state index contributed by atoms with van der Waals surface area (Å²) < 4.78 is 6.20. The molecule has 0 saturated carbocycles. The van der Waals surface area contributed by atoms with Gasteiger partial charge in [-0.25, -0.2) is 0 Å². The number of methoxy groups -OCH3 is 1. The predicted molar refractivity (Wildman–Crippen MR) is 99.9 cm³/mol. The number of likely N-dealkylation sites (tertiary alicyclic amines) is 1. The van der Waals surface area contributed by atoms with Crippen molar-refractivity contribution in [3.8, 4) is 5.75 Å². The molecule has 1 unspecified atom stereocenters. The number of amides is 1. The van der Waals surface area contributed by atoms with E-state index >= 15 is 0 Å². The minimum Gasteiger partial charge on any atom is -0.497 e. The fourth-order valence-corrected chi connectivity index (χ4v) is 3.49. The first-order valence-corrected chi connectivity index (χ1v) is 8.85. The molecule has 0 aromatic heterocycles. The molecule has 0 bridgehead atoms. The summed E-state index contributed by atoms with van der Waals surface area (Å²) in [5, 5.41) is 0. The van der Waals surface area contributed by atoms with E-state index in [4.69, 9.17) is 4.74 Å². The van der Waals surface area contributed by atoms with Gasteiger partial charge in [-0.05, 0) is 48.2 Å². The van der Waals surface area contributed by atoms with Crippen LogP contribution in [0.25, 0.3) is 6.08 Å². The minimum atomic E-state index is 0.0593. The van der Waals surface area contributed by atoms with Gasteiger partial charge in [0.05, 0.1) is 13.2 Å². The zero-order valence-electron chi connectivity index (χ0n) is 13.6. The lowest BCUT2D eigenvalue weighted by Crippen LogP contribution is -2.28. The number of hydrogen-bond acceptors (Lipinski definition) is 2. The molecule has 1 saturated heterocycles. The molecule has 1 aliphatic rings. The third-order valence-corrected chi connectivity index (χ3v) is 5.07. The summed E-state index contributed by atoms with van der Waals surface area (Å²) in [7, 11) is 1.66. The molecule has 24 heavy (non-hydrogen) atoms. The van der Waals surface area contributed by atoms with Crippen LogP contribution < -0.4 is 4.74 Å². The summed E-state index contributed by atoms with van der Waals surface area (Å²) in [6.45, 7) is 0.801. The number of carbonyl (C=O) groups is 1. The Balaban J connectivity index is 1.74. The first kappa shape index (κ1) is 16.8. The molecular formula is C20H20BrNO2. The average molecular weight is 386 g/mol. The van der Waals surface area contributed by atoms with Gasteiger partial charge in [0.2, 0.25) is 5.91 Å². The van der Waals surface area contributed by atoms with Gasteiger partial charge in [-0.1, -0.05) is 46.3 Å². The standard InChI is InChI=1S/C20H20BrNO2/c1-24-17-11-8-16(9-12-17)19-7-4-14-22(19)20(23)13-10-15-5-2-3-6-18(15)21/h2-3,5-6,8-13,19H,4,7,14H2,1H3/b13-10+. The summed E-state index contributed by atoms with van der Waals surface area (Å²) in [5.74, 6) is 0.896. The molecule has 0 spiro atoms. The van der Waals surface area contributed by atoms with Crippen LogP contribution in [0.5, 0.6) is 5.75 Å². The number of ether oxygens (including phenoxy) is 1. The Hall–Kier alpha value is -2.07. The average Bonchev–Trinajstić information content (AvgIpc) is 3.10. The van der Waals surface area contributed by atoms with Gasteiger partial charge < -0.3 is 9.64 Å². The van der Waals surface area contributed by atoms with Crippen LogP contribution in [0, 0.1) is 0 Å². The van der Waals surface area contributed by atoms with Crippen molar-refractivity contribution < 1.29 is 9.53 Å². The first-order chi connectivity index (χ1) is 11.7. The monoisotopic (exact) mass is 385 g/mol. The van der Waals surface area contributed by atoms with Crippen molar-refractivity contribution in [1.82, 2.24) is 4.90 Å². The second-order valence-electron chi connectivity index (χ2n) is 5.82. The van der Waals surface area contributed by atoms with Gasteiger partial charge in [0.15, 0.2) is 0 Å². The summed E-state index contributed by atoms with van der Waals surface area (Å²) in [5.41, 5.74) is 2.17. The zero-order chi connectivity index (χ0) is 16.9. The van der Waals surface area contributed by atoms with E-state index in [1.165, 1.54) is 0 Å². The van der Waals surface area contributed by atoms with Crippen LogP contribution in [0.1, 0.15) is 30.0 Å². The van der Waals surface area contributed by atoms with Gasteiger partial charge in [-0.2, -0.15) is 0 Å². The third kappa shape index (κ3) is 3.70. The molecule has 1 aliphatic heterocycles. The number of benzene rings is 2. The third-order valence-electron chi connectivity index (χ3n) is 4.35. The van der Waals surface area contributed by atoms with E-state index in [-0.39, 0.29) is 11.9 Å². The molecular weight excluding hydrogens is 366 g/mol. The maximum absolute atomic E-state index is 12.6. The summed E-state index contributed by atoms with van der Waals surface area (Å²) in [6.07, 6.45) is 5.57. The number of halogens is 1. The topological polar surface area (TPSA) is 29.5 Å². The SMILES string of the molecule is COc1ccc(C2CCCN2C(=O)/C=C/c2ccccc2Br)cc1. The highest BCUT2D eigenvalue weighted by Crippen LogP contribution is 2.33. The van der Waals surface area contributed by atoms with Crippen LogP contribution in [-0.2, 0) is 4.79 Å². The Labute approximate surface area is 151 Å². The van der Waals surface area contributed by atoms with Gasteiger partial charge in [0.1, 0.15) is 5.75 Å². The predicted octanol–water partition coefficient (Wildman–Crippen LogP) is 4.83. The number of carbonyl (C=O) groups excluding carboxylic acids is 1. The van der Waals surface area contributed by atoms with Crippen LogP contribution in [0.15, 0.2) is 59.1 Å². The van der Waals surface area contributed by atoms with Crippen molar-refractivity contribution in [3.05, 3.63) is 70.2 Å². The largest absolute Gasteiger partial charge is 0.497 e. The molecule has 3 nitrogen and oxygen atoms in total. The van der Waals surface area contributed by atoms with Crippen LogP contribution >= 0.6 is 15.9 Å². The van der Waals surface area contributed by atoms with Crippen molar-refractivity contribution in [2.24, 2.45) is 0 Å². The Morgan fingerprint density at radius 2 is 1.96 bits per heavy atom. The van der Waals surface area contributed by atoms with E-state index in [0.29, 0.717) is 0 Å². The van der Waals surface area contributed by atoms with Crippen LogP contribution in [0.3, 0.4) is 0 Å². The quantitative estimate of drug-likeness (QED) is 0.705. The van der Waals surface area contributed by atoms with E-state index in [1.807, 2.05) is 59.5 Å². The maximum atomic E-state index is 12.6. The first-order valence-electron chi connectivity index (χ1n) is 8.06. The number of hydrogen-bond donors (Lipinski definition) is 0. The lowest BCUT2D eigenvalue weighted by molar-refractivity contribution is -0.126. The summed E-state index contributed by atoms with van der Waals surface area (Å²) in [6, 6.07) is 16.0. The van der Waals surface area contributed by atoms with Gasteiger partial charge in [0, 0.05) is 17.1 Å². The number of nitrogens with zero attached hydrogens (tertiary/aromatic N) is 1. The Morgan fingerprint density at radius 1 is 1.21 bits per heavy atom. The van der Waals surface area contributed by atoms with Crippen molar-refractivity contribution in [2.45, 2.75) is 18.9 Å². The van der Waals surface area contributed by atoms with Gasteiger partial charge in [0.25, 0.3) is 0 Å². The molecule has 2 aromatic carbocycles. The number of rotatable bonds is 4. The van der Waals surface area contributed by atoms with E-state index in [0.717, 1.165) is 40.7 Å². The van der Waals surface area contributed by atoms with E-state index in [2.05, 4.69) is 15.9 Å². The highest BCUT2D eigenvalue weighted by molar-refractivity contribution is 9.10. The Morgan fingerprint density at radius 3 is 2.67 bits per heavy atom. The van der Waals surface area contributed by atoms with Crippen LogP contribution in [0.2, 0.25) is 0 Å². The normalized spacial score (nSPS) is 17.4. The molecule has 0 N–H and O–H groups in total. The molecule has 1 atom stereocenters. The lowest BCUT2D eigenvalue weighted by Gasteiger charge is -2.24. The van der Waals surface area contributed by atoms with E-state index in [9.17, 15) is 4.79 Å². The molecule has 1 fully saturated rings. The second kappa shape index (κ2) is 7.67. The molecule has 4 heteroatoms. The molecule has 1 amide bonds. The zero-order valence-corrected chi connectivity index (χ0v) is 15.2. The molecule has 3 rings (SSSR count). The Bertz CT molecular complexity index is 740. The molecule has 1 heterocycles. The van der Waals surface area contributed by atoms with Crippen molar-refractivity contribution in [2.75, 3.05) is 13.7 Å². The molecule has 0 radical (unpaired) electrons. The smallest absolute Gasteiger partial charge is 0.247 e. The second-order valence-corrected chi connectivity index (χ2v) is 6.67. The minimum absolute atomic E-state index is 0.0593. The fourth-order valence-electron chi connectivity index (χ4n) is 3.07. The lowest BCUT2D eigenvalue weighted by atomic mass is 10.0. The summed E-state index contributed by atoms with van der Waals surface area (Å²) in [4.78, 5) is 14.6. The highest BCUT2D eigenvalue weighted by atomic mass is 79.9. The van der Waals surface area contributed by atoms with E-state index in [1.54, 1.807) is 13.2 Å². The fraction of sp³-hybridized carbons (Fsp3) is 0.250. The van der Waals surface area contributed by atoms with Crippen molar-refractivity contribution in [1.29, 1.82) is 0 Å². The van der Waals surface area contributed by atoms with Crippen LogP contribution in [0.4, 0.5) is 0 Å². The Kier molecular flexibility index (Phi) is 5.36. The van der Waals surface area contributed by atoms with Crippen LogP contribution in [-0.4, -0.2) is 24.5 Å². The molecule has 2 aromatic rings.